The first kappa shape index (κ1) is 25.6. The summed E-state index contributed by atoms with van der Waals surface area (Å²) in [5.41, 5.74) is 7.19. The van der Waals surface area contributed by atoms with Crippen LogP contribution in [0.5, 0.6) is 0 Å². The molecule has 194 valence electrons. The second-order valence-corrected chi connectivity index (χ2v) is 9.92. The minimum Gasteiger partial charge on any atom is -0.355 e. The number of aromatic nitrogens is 5. The normalized spacial score (nSPS) is 10.8. The summed E-state index contributed by atoms with van der Waals surface area (Å²) in [6.45, 7) is 7.95. The zero-order chi connectivity index (χ0) is 27.2. The largest absolute Gasteiger partial charge is 0.355 e. The van der Waals surface area contributed by atoms with Gasteiger partial charge in [0.2, 0.25) is 0 Å². The molecule has 0 fully saturated rings. The monoisotopic (exact) mass is 514 g/mol. The molecule has 0 unspecified atom stereocenters. The predicted octanol–water partition coefficient (Wildman–Crippen LogP) is 6.52. The van der Waals surface area contributed by atoms with Crippen LogP contribution in [0.4, 0.5) is 17.2 Å². The van der Waals surface area contributed by atoms with Crippen molar-refractivity contribution in [1.82, 2.24) is 25.6 Å². The highest BCUT2D eigenvalue weighted by molar-refractivity contribution is 5.81. The van der Waals surface area contributed by atoms with Crippen LogP contribution in [-0.2, 0) is 6.54 Å². The van der Waals surface area contributed by atoms with E-state index >= 15 is 0 Å². The van der Waals surface area contributed by atoms with Gasteiger partial charge in [-0.15, -0.1) is 5.10 Å². The maximum atomic E-state index is 9.36. The van der Waals surface area contributed by atoms with Gasteiger partial charge >= 0.3 is 0 Å². The lowest BCUT2D eigenvalue weighted by Crippen LogP contribution is -2.28. The molecule has 39 heavy (non-hydrogen) atoms. The van der Waals surface area contributed by atoms with E-state index in [-0.39, 0.29) is 0 Å². The maximum Gasteiger partial charge on any atom is 0.180 e. The molecule has 2 N–H and O–H groups in total. The van der Waals surface area contributed by atoms with Gasteiger partial charge in [-0.25, -0.2) is 10.1 Å². The number of H-pyrrole nitrogens is 1. The molecule has 3 aromatic carbocycles. The van der Waals surface area contributed by atoms with Crippen molar-refractivity contribution in [2.45, 2.75) is 27.3 Å². The van der Waals surface area contributed by atoms with Crippen molar-refractivity contribution in [1.29, 1.82) is 5.26 Å². The molecule has 0 bridgehead atoms. The van der Waals surface area contributed by atoms with Crippen molar-refractivity contribution in [3.05, 3.63) is 102 Å². The molecule has 8 nitrogen and oxygen atoms in total. The second kappa shape index (κ2) is 11.6. The van der Waals surface area contributed by atoms with E-state index < -0.39 is 0 Å². The highest BCUT2D eigenvalue weighted by Crippen LogP contribution is 2.34. The summed E-state index contributed by atoms with van der Waals surface area (Å²) < 4.78 is 0. The standard InChI is InChI=1S/C31H30N8/c1-21(2)19-39(20-23-9-5-4-6-10-23)30-17-26(33-25-14-13-24(18-32)22(3)15-25)16-29(34-30)27-11-7-8-12-28(27)31-35-37-38-36-31/h4-17,21H,19-20H2,1-3H3,(H,33,34)(H,35,36,37,38). The first-order valence-corrected chi connectivity index (χ1v) is 12.9. The molecule has 0 aliphatic rings. The third kappa shape index (κ3) is 6.11. The van der Waals surface area contributed by atoms with E-state index in [2.05, 4.69) is 81.1 Å². The van der Waals surface area contributed by atoms with E-state index in [1.807, 2.05) is 61.5 Å². The van der Waals surface area contributed by atoms with E-state index in [9.17, 15) is 5.26 Å². The number of benzene rings is 3. The summed E-state index contributed by atoms with van der Waals surface area (Å²) in [7, 11) is 0. The third-order valence-corrected chi connectivity index (χ3v) is 6.38. The van der Waals surface area contributed by atoms with E-state index in [1.165, 1.54) is 5.56 Å². The molecule has 0 atom stereocenters. The van der Waals surface area contributed by atoms with Gasteiger partial charge < -0.3 is 10.2 Å². The number of hydrogen-bond donors (Lipinski definition) is 2. The van der Waals surface area contributed by atoms with Gasteiger partial charge in [-0.2, -0.15) is 5.26 Å². The van der Waals surface area contributed by atoms with Crippen LogP contribution in [0.15, 0.2) is 84.9 Å². The lowest BCUT2D eigenvalue weighted by Gasteiger charge is -2.27. The van der Waals surface area contributed by atoms with E-state index in [1.54, 1.807) is 0 Å². The number of rotatable bonds is 9. The topological polar surface area (TPSA) is 106 Å². The van der Waals surface area contributed by atoms with Gasteiger partial charge in [-0.05, 0) is 58.7 Å². The molecular weight excluding hydrogens is 484 g/mol. The molecule has 0 saturated carbocycles. The Morgan fingerprint density at radius 2 is 1.69 bits per heavy atom. The lowest BCUT2D eigenvalue weighted by molar-refractivity contribution is 0.605. The van der Waals surface area contributed by atoms with Crippen LogP contribution in [-0.4, -0.2) is 32.2 Å². The molecule has 5 aromatic rings. The molecule has 0 aliphatic heterocycles. The molecule has 0 amide bonds. The molecule has 0 spiro atoms. The minimum absolute atomic E-state index is 0.435. The van der Waals surface area contributed by atoms with Gasteiger partial charge in [-0.3, -0.25) is 0 Å². The highest BCUT2D eigenvalue weighted by atomic mass is 15.5. The number of aromatic amines is 1. The highest BCUT2D eigenvalue weighted by Gasteiger charge is 2.17. The Morgan fingerprint density at radius 3 is 2.38 bits per heavy atom. The average Bonchev–Trinajstić information content (AvgIpc) is 3.48. The Hall–Kier alpha value is -5.03. The summed E-state index contributed by atoms with van der Waals surface area (Å²) in [6, 6.07) is 30.5. The fourth-order valence-electron chi connectivity index (χ4n) is 4.59. The zero-order valence-electron chi connectivity index (χ0n) is 22.3. The fourth-order valence-corrected chi connectivity index (χ4v) is 4.59. The summed E-state index contributed by atoms with van der Waals surface area (Å²) >= 11 is 0. The van der Waals surface area contributed by atoms with Gasteiger partial charge in [0.1, 0.15) is 5.82 Å². The van der Waals surface area contributed by atoms with E-state index in [0.717, 1.165) is 52.7 Å². The number of aryl methyl sites for hydroxylation is 1. The molecule has 2 heterocycles. The smallest absolute Gasteiger partial charge is 0.180 e. The SMILES string of the molecule is Cc1cc(Nc2cc(-c3ccccc3-c3nnn[nH]3)nc(N(Cc3ccccc3)CC(C)C)c2)ccc1C#N. The molecule has 5 rings (SSSR count). The molecule has 2 aromatic heterocycles. The van der Waals surface area contributed by atoms with Crippen LogP contribution in [0.25, 0.3) is 22.6 Å². The van der Waals surface area contributed by atoms with Crippen LogP contribution in [0.3, 0.4) is 0 Å². The molecular formula is C31H30N8. The van der Waals surface area contributed by atoms with Crippen molar-refractivity contribution in [2.75, 3.05) is 16.8 Å². The summed E-state index contributed by atoms with van der Waals surface area (Å²) in [5, 5.41) is 27.5. The molecule has 0 saturated heterocycles. The zero-order valence-corrected chi connectivity index (χ0v) is 22.3. The summed E-state index contributed by atoms with van der Waals surface area (Å²) in [4.78, 5) is 7.49. The van der Waals surface area contributed by atoms with Crippen molar-refractivity contribution in [3.8, 4) is 28.7 Å². The van der Waals surface area contributed by atoms with E-state index in [4.69, 9.17) is 4.98 Å². The Labute approximate surface area is 228 Å². The van der Waals surface area contributed by atoms with Crippen LogP contribution in [0.2, 0.25) is 0 Å². The first-order valence-electron chi connectivity index (χ1n) is 12.9. The van der Waals surface area contributed by atoms with Gasteiger partial charge in [-0.1, -0.05) is 68.4 Å². The van der Waals surface area contributed by atoms with Crippen LogP contribution >= 0.6 is 0 Å². The molecule has 8 heteroatoms. The number of hydrogen-bond acceptors (Lipinski definition) is 7. The first-order chi connectivity index (χ1) is 19.0. The number of nitrogens with one attached hydrogen (secondary N) is 2. The number of tetrazole rings is 1. The number of pyridine rings is 1. The summed E-state index contributed by atoms with van der Waals surface area (Å²) in [6.07, 6.45) is 0. The Balaban J connectivity index is 1.62. The Bertz CT molecular complexity index is 1590. The van der Waals surface area contributed by atoms with Gasteiger partial charge in [0.15, 0.2) is 5.82 Å². The number of anilines is 3. The molecule has 0 aliphatic carbocycles. The van der Waals surface area contributed by atoms with Crippen LogP contribution in [0, 0.1) is 24.2 Å². The van der Waals surface area contributed by atoms with Crippen LogP contribution in [0.1, 0.15) is 30.5 Å². The maximum absolute atomic E-state index is 9.36. The lowest BCUT2D eigenvalue weighted by atomic mass is 10.0. The van der Waals surface area contributed by atoms with Crippen molar-refractivity contribution < 1.29 is 0 Å². The Kier molecular flexibility index (Phi) is 7.60. The van der Waals surface area contributed by atoms with E-state index in [0.29, 0.717) is 17.3 Å². The average molecular weight is 515 g/mol. The van der Waals surface area contributed by atoms with Crippen molar-refractivity contribution in [2.24, 2.45) is 5.92 Å². The van der Waals surface area contributed by atoms with Crippen LogP contribution < -0.4 is 10.2 Å². The van der Waals surface area contributed by atoms with Crippen molar-refractivity contribution in [3.63, 3.8) is 0 Å². The number of nitriles is 1. The third-order valence-electron chi connectivity index (χ3n) is 6.38. The fraction of sp³-hybridized carbons (Fsp3) is 0.194. The second-order valence-electron chi connectivity index (χ2n) is 9.92. The summed E-state index contributed by atoms with van der Waals surface area (Å²) in [5.74, 6) is 1.88. The minimum atomic E-state index is 0.435. The van der Waals surface area contributed by atoms with Gasteiger partial charge in [0.25, 0.3) is 0 Å². The quantitative estimate of drug-likeness (QED) is 0.231. The Morgan fingerprint density at radius 1 is 0.923 bits per heavy atom. The van der Waals surface area contributed by atoms with Crippen molar-refractivity contribution >= 4 is 17.2 Å². The predicted molar refractivity (Wildman–Crippen MR) is 154 cm³/mol. The van der Waals surface area contributed by atoms with Gasteiger partial charge in [0, 0.05) is 41.7 Å². The number of nitrogens with zero attached hydrogens (tertiary/aromatic N) is 6. The van der Waals surface area contributed by atoms with Gasteiger partial charge in [0.05, 0.1) is 17.3 Å². The molecule has 0 radical (unpaired) electrons.